The Balaban J connectivity index is 0. The van der Waals surface area contributed by atoms with Crippen molar-refractivity contribution in [2.45, 2.75) is 0 Å². The van der Waals surface area contributed by atoms with E-state index in [1.807, 2.05) is 0 Å². The van der Waals surface area contributed by atoms with Crippen LogP contribution in [0.2, 0.25) is 0 Å². The summed E-state index contributed by atoms with van der Waals surface area (Å²) in [7, 11) is 0. The molecule has 0 spiro atoms. The molecule has 0 saturated heterocycles. The Morgan fingerprint density at radius 3 is 2.30 bits per heavy atom. The number of halogens is 2. The summed E-state index contributed by atoms with van der Waals surface area (Å²) in [5.74, 6) is 0. The molecule has 1 aromatic heterocycles. The largest absolute Gasteiger partial charge is 0.351 e. The molecule has 4 nitrogen and oxygen atoms in total. The summed E-state index contributed by atoms with van der Waals surface area (Å²) >= 11 is 0. The van der Waals surface area contributed by atoms with Gasteiger partial charge in [-0.05, 0) is 0 Å². The maximum Gasteiger partial charge on any atom is 0.324 e. The van der Waals surface area contributed by atoms with Crippen molar-refractivity contribution in [3.05, 3.63) is 18.7 Å². The van der Waals surface area contributed by atoms with Crippen LogP contribution in [0.4, 0.5) is 4.79 Å². The van der Waals surface area contributed by atoms with Crippen LogP contribution in [0.15, 0.2) is 18.7 Å². The molecule has 10 heavy (non-hydrogen) atoms. The number of hydrogen-bond acceptors (Lipinski definition) is 2. The number of hydrogen-bond donors (Lipinski definition) is 1. The summed E-state index contributed by atoms with van der Waals surface area (Å²) in [5.41, 5.74) is 4.84. The van der Waals surface area contributed by atoms with Crippen molar-refractivity contribution in [3.63, 3.8) is 0 Å². The van der Waals surface area contributed by atoms with Crippen LogP contribution < -0.4 is 5.73 Å². The summed E-state index contributed by atoms with van der Waals surface area (Å²) < 4.78 is 1.19. The standard InChI is InChI=1S/C4H5N3O.2ClH/c5-4(8)7-2-1-6-3-7;;/h1-3H,(H2,5,8);2*1H. The zero-order valence-electron chi connectivity index (χ0n) is 4.93. The number of nitrogens with two attached hydrogens (primary N) is 1. The molecule has 0 saturated carbocycles. The van der Waals surface area contributed by atoms with Gasteiger partial charge in [-0.1, -0.05) is 0 Å². The molecule has 0 atom stereocenters. The van der Waals surface area contributed by atoms with E-state index in [9.17, 15) is 4.79 Å². The van der Waals surface area contributed by atoms with Gasteiger partial charge in [0.05, 0.1) is 0 Å². The first kappa shape index (κ1) is 12.0. The quantitative estimate of drug-likeness (QED) is 0.643. The van der Waals surface area contributed by atoms with Crippen molar-refractivity contribution in [3.8, 4) is 0 Å². The topological polar surface area (TPSA) is 60.9 Å². The minimum Gasteiger partial charge on any atom is -0.351 e. The number of carbonyl (C=O) groups excluding carboxylic acids is 1. The first-order valence-electron chi connectivity index (χ1n) is 2.08. The zero-order chi connectivity index (χ0) is 5.98. The third kappa shape index (κ3) is 2.70. The van der Waals surface area contributed by atoms with Gasteiger partial charge in [-0.3, -0.25) is 4.57 Å². The number of nitrogens with zero attached hydrogens (tertiary/aromatic N) is 2. The van der Waals surface area contributed by atoms with Crippen LogP contribution in [0.3, 0.4) is 0 Å². The highest BCUT2D eigenvalue weighted by Crippen LogP contribution is 1.79. The SMILES string of the molecule is Cl.Cl.NC(=O)n1ccnc1. The molecular formula is C4H7Cl2N3O. The van der Waals surface area contributed by atoms with E-state index >= 15 is 0 Å². The smallest absolute Gasteiger partial charge is 0.324 e. The minimum absolute atomic E-state index is 0. The van der Waals surface area contributed by atoms with Crippen molar-refractivity contribution in [2.24, 2.45) is 5.73 Å². The summed E-state index contributed by atoms with van der Waals surface area (Å²) in [6.07, 6.45) is 4.33. The second-order valence-electron chi connectivity index (χ2n) is 1.31. The summed E-state index contributed by atoms with van der Waals surface area (Å²) in [6.45, 7) is 0. The highest BCUT2D eigenvalue weighted by atomic mass is 35.5. The fraction of sp³-hybridized carbons (Fsp3) is 0. The molecule has 1 amide bonds. The van der Waals surface area contributed by atoms with Gasteiger partial charge in [-0.25, -0.2) is 9.78 Å². The van der Waals surface area contributed by atoms with Gasteiger partial charge in [-0.2, -0.15) is 0 Å². The minimum atomic E-state index is -0.512. The first-order chi connectivity index (χ1) is 3.80. The van der Waals surface area contributed by atoms with Crippen LogP contribution in [0.25, 0.3) is 0 Å². The Morgan fingerprint density at radius 2 is 2.10 bits per heavy atom. The molecule has 0 aliphatic carbocycles. The lowest BCUT2D eigenvalue weighted by Crippen LogP contribution is -2.17. The molecule has 1 rings (SSSR count). The number of carbonyl (C=O) groups is 1. The second kappa shape index (κ2) is 5.08. The molecule has 0 radical (unpaired) electrons. The normalized spacial score (nSPS) is 7.20. The maximum absolute atomic E-state index is 10.2. The van der Waals surface area contributed by atoms with Crippen LogP contribution in [-0.4, -0.2) is 15.6 Å². The van der Waals surface area contributed by atoms with Crippen LogP contribution in [0.1, 0.15) is 0 Å². The molecule has 2 N–H and O–H groups in total. The van der Waals surface area contributed by atoms with Crippen LogP contribution in [-0.2, 0) is 0 Å². The van der Waals surface area contributed by atoms with Crippen molar-refractivity contribution in [1.82, 2.24) is 9.55 Å². The fourth-order valence-electron chi connectivity index (χ4n) is 0.389. The molecule has 1 heterocycles. The molecule has 0 aromatic carbocycles. The third-order valence-corrected chi connectivity index (χ3v) is 0.759. The summed E-state index contributed by atoms with van der Waals surface area (Å²) in [5, 5.41) is 0. The second-order valence-corrected chi connectivity index (χ2v) is 1.31. The Bertz CT molecular complexity index is 186. The first-order valence-corrected chi connectivity index (χ1v) is 2.08. The highest BCUT2D eigenvalue weighted by molar-refractivity contribution is 5.85. The zero-order valence-corrected chi connectivity index (χ0v) is 6.56. The number of primary amides is 1. The van der Waals surface area contributed by atoms with E-state index in [1.54, 1.807) is 0 Å². The molecule has 6 heteroatoms. The average Bonchev–Trinajstić information content (AvgIpc) is 2.12. The van der Waals surface area contributed by atoms with E-state index in [2.05, 4.69) is 4.98 Å². The number of imidazole rings is 1. The van der Waals surface area contributed by atoms with E-state index < -0.39 is 6.03 Å². The van der Waals surface area contributed by atoms with Gasteiger partial charge in [0.25, 0.3) is 0 Å². The van der Waals surface area contributed by atoms with E-state index in [4.69, 9.17) is 5.73 Å². The summed E-state index contributed by atoms with van der Waals surface area (Å²) in [4.78, 5) is 13.8. The lowest BCUT2D eigenvalue weighted by Gasteiger charge is -1.87. The fourth-order valence-corrected chi connectivity index (χ4v) is 0.389. The van der Waals surface area contributed by atoms with Crippen LogP contribution in [0.5, 0.6) is 0 Å². The predicted molar refractivity (Wildman–Crippen MR) is 41.7 cm³/mol. The molecule has 0 bridgehead atoms. The van der Waals surface area contributed by atoms with Crippen LogP contribution >= 0.6 is 24.8 Å². The molecule has 0 aliphatic rings. The number of rotatable bonds is 0. The van der Waals surface area contributed by atoms with Crippen molar-refractivity contribution >= 4 is 30.8 Å². The molecular weight excluding hydrogens is 177 g/mol. The van der Waals surface area contributed by atoms with Gasteiger partial charge in [0.2, 0.25) is 0 Å². The Labute approximate surface area is 70.2 Å². The van der Waals surface area contributed by atoms with Gasteiger partial charge in [0.1, 0.15) is 6.33 Å². The summed E-state index contributed by atoms with van der Waals surface area (Å²) in [6, 6.07) is -0.512. The van der Waals surface area contributed by atoms with Gasteiger partial charge < -0.3 is 5.73 Å². The van der Waals surface area contributed by atoms with Gasteiger partial charge >= 0.3 is 6.03 Å². The van der Waals surface area contributed by atoms with E-state index in [0.29, 0.717) is 0 Å². The van der Waals surface area contributed by atoms with E-state index in [0.717, 1.165) is 0 Å². The van der Waals surface area contributed by atoms with Crippen molar-refractivity contribution < 1.29 is 4.79 Å². The van der Waals surface area contributed by atoms with E-state index in [-0.39, 0.29) is 24.8 Å². The lowest BCUT2D eigenvalue weighted by molar-refractivity contribution is 0.250. The maximum atomic E-state index is 10.2. The monoisotopic (exact) mass is 183 g/mol. The molecule has 0 unspecified atom stereocenters. The Kier molecular flexibility index (Phi) is 6.09. The third-order valence-electron chi connectivity index (χ3n) is 0.759. The predicted octanol–water partition coefficient (Wildman–Crippen LogP) is 0.654. The average molecular weight is 184 g/mol. The van der Waals surface area contributed by atoms with Crippen molar-refractivity contribution in [1.29, 1.82) is 0 Å². The molecule has 0 aliphatic heterocycles. The van der Waals surface area contributed by atoms with Gasteiger partial charge in [-0.15, -0.1) is 24.8 Å². The lowest BCUT2D eigenvalue weighted by atomic mass is 10.9. The van der Waals surface area contributed by atoms with Crippen LogP contribution in [0, 0.1) is 0 Å². The highest BCUT2D eigenvalue weighted by Gasteiger charge is 1.91. The molecule has 1 aromatic rings. The molecule has 58 valence electrons. The molecule has 0 fully saturated rings. The Morgan fingerprint density at radius 1 is 1.50 bits per heavy atom. The van der Waals surface area contributed by atoms with Crippen molar-refractivity contribution in [2.75, 3.05) is 0 Å². The van der Waals surface area contributed by atoms with Gasteiger partial charge in [0.15, 0.2) is 0 Å². The van der Waals surface area contributed by atoms with E-state index in [1.165, 1.54) is 23.3 Å². The number of amides is 1. The number of aromatic nitrogens is 2. The van der Waals surface area contributed by atoms with Gasteiger partial charge in [0, 0.05) is 12.4 Å². The Hall–Kier alpha value is -0.740.